The van der Waals surface area contributed by atoms with Crippen molar-refractivity contribution in [1.29, 1.82) is 0 Å². The van der Waals surface area contributed by atoms with Crippen LogP contribution in [0.15, 0.2) is 97.1 Å². The van der Waals surface area contributed by atoms with E-state index in [1.54, 1.807) is 0 Å². The molecule has 0 bridgehead atoms. The molecule has 3 aromatic carbocycles. The summed E-state index contributed by atoms with van der Waals surface area (Å²) in [6.45, 7) is 11.3. The van der Waals surface area contributed by atoms with Gasteiger partial charge in [0.05, 0.1) is 18.1 Å². The minimum absolute atomic E-state index is 0.00506. The average Bonchev–Trinajstić information content (AvgIpc) is 3.48. The van der Waals surface area contributed by atoms with Gasteiger partial charge in [-0.05, 0) is 53.4 Å². The molecule has 2 aliphatic rings. The van der Waals surface area contributed by atoms with Crippen LogP contribution in [0.4, 0.5) is 0 Å². The third-order valence-electron chi connectivity index (χ3n) is 9.22. The van der Waals surface area contributed by atoms with Crippen LogP contribution >= 0.6 is 0 Å². The maximum absolute atomic E-state index is 13.2. The molecule has 1 saturated carbocycles. The lowest BCUT2D eigenvalue weighted by atomic mass is 9.89. The molecule has 1 saturated heterocycles. The Hall–Kier alpha value is -3.48. The van der Waals surface area contributed by atoms with Crippen LogP contribution in [0.2, 0.25) is 18.1 Å². The van der Waals surface area contributed by atoms with Gasteiger partial charge in [-0.15, -0.1) is 0 Å². The summed E-state index contributed by atoms with van der Waals surface area (Å²) in [4.78, 5) is 25.4. The highest BCUT2D eigenvalue weighted by molar-refractivity contribution is 6.74. The summed E-state index contributed by atoms with van der Waals surface area (Å²) in [6.07, 6.45) is 5.16. The van der Waals surface area contributed by atoms with Crippen molar-refractivity contribution in [2.75, 3.05) is 0 Å². The second-order valence-corrected chi connectivity index (χ2v) is 17.8. The molecule has 42 heavy (non-hydrogen) atoms. The highest BCUT2D eigenvalue weighted by atomic mass is 28.4. The Balaban J connectivity index is 1.31. The predicted molar refractivity (Wildman–Crippen MR) is 168 cm³/mol. The number of carbonyl (C=O) groups excluding carboxylic acids is 2. The van der Waals surface area contributed by atoms with Crippen molar-refractivity contribution < 1.29 is 23.5 Å². The van der Waals surface area contributed by atoms with Gasteiger partial charge in [-0.2, -0.15) is 0 Å². The van der Waals surface area contributed by atoms with E-state index in [0.717, 1.165) is 16.7 Å². The lowest BCUT2D eigenvalue weighted by Crippen LogP contribution is -2.41. The molecule has 1 aliphatic carbocycles. The molecule has 5 rings (SSSR count). The number of fused-ring (bicyclic) bond motifs is 1. The van der Waals surface area contributed by atoms with Crippen LogP contribution in [-0.2, 0) is 18.7 Å². The number of ether oxygens (including phenoxy) is 2. The van der Waals surface area contributed by atoms with E-state index in [2.05, 4.69) is 58.2 Å². The van der Waals surface area contributed by atoms with Gasteiger partial charge in [0.1, 0.15) is 12.2 Å². The van der Waals surface area contributed by atoms with E-state index in [0.29, 0.717) is 24.8 Å². The van der Waals surface area contributed by atoms with Gasteiger partial charge >= 0.3 is 11.9 Å². The number of carbonyl (C=O) groups is 2. The third-order valence-corrected chi connectivity index (χ3v) is 13.7. The zero-order valence-corrected chi connectivity index (χ0v) is 26.3. The van der Waals surface area contributed by atoms with Crippen molar-refractivity contribution in [2.45, 2.75) is 76.5 Å². The summed E-state index contributed by atoms with van der Waals surface area (Å²) in [5.41, 5.74) is 3.78. The van der Waals surface area contributed by atoms with Crippen LogP contribution in [-0.4, -0.2) is 32.5 Å². The number of hydrogen-bond acceptors (Lipinski definition) is 5. The van der Waals surface area contributed by atoms with Gasteiger partial charge in [-0.3, -0.25) is 4.79 Å². The molecule has 3 aromatic rings. The van der Waals surface area contributed by atoms with Gasteiger partial charge in [0.15, 0.2) is 8.32 Å². The Bertz CT molecular complexity index is 1390. The Morgan fingerprint density at radius 2 is 1.57 bits per heavy atom. The zero-order chi connectivity index (χ0) is 29.9. The quantitative estimate of drug-likeness (QED) is 0.144. The van der Waals surface area contributed by atoms with Gasteiger partial charge in [-0.25, -0.2) is 4.79 Å². The molecule has 0 amide bonds. The number of rotatable bonds is 9. The Labute approximate surface area is 251 Å². The molecule has 0 N–H and O–H groups in total. The molecular weight excluding hydrogens is 540 g/mol. The summed E-state index contributed by atoms with van der Waals surface area (Å²) in [6, 6.07) is 27.9. The van der Waals surface area contributed by atoms with E-state index in [-0.39, 0.29) is 47.1 Å². The fourth-order valence-electron chi connectivity index (χ4n) is 5.77. The van der Waals surface area contributed by atoms with Crippen LogP contribution in [0.25, 0.3) is 11.1 Å². The monoisotopic (exact) mass is 582 g/mol. The number of hydrogen-bond donors (Lipinski definition) is 0. The van der Waals surface area contributed by atoms with Crippen LogP contribution in [0, 0.1) is 11.8 Å². The summed E-state index contributed by atoms with van der Waals surface area (Å²) in [5, 5.41) is 0.0761. The Morgan fingerprint density at radius 3 is 2.21 bits per heavy atom. The molecule has 6 heteroatoms. The first-order chi connectivity index (χ1) is 20.0. The van der Waals surface area contributed by atoms with Crippen molar-refractivity contribution in [3.05, 3.63) is 108 Å². The largest absolute Gasteiger partial charge is 0.462 e. The fourth-order valence-corrected chi connectivity index (χ4v) is 6.97. The highest BCUT2D eigenvalue weighted by Crippen LogP contribution is 2.45. The first-order valence-corrected chi connectivity index (χ1v) is 17.9. The summed E-state index contributed by atoms with van der Waals surface area (Å²) >= 11 is 0. The van der Waals surface area contributed by atoms with E-state index >= 15 is 0 Å². The predicted octanol–water partition coefficient (Wildman–Crippen LogP) is 8.54. The first kappa shape index (κ1) is 30.0. The number of allylic oxidation sites excluding steroid dienone is 1. The highest BCUT2D eigenvalue weighted by Gasteiger charge is 2.51. The van der Waals surface area contributed by atoms with Crippen LogP contribution in [0.3, 0.4) is 0 Å². The second-order valence-electron chi connectivity index (χ2n) is 13.1. The molecule has 5 nitrogen and oxygen atoms in total. The lowest BCUT2D eigenvalue weighted by molar-refractivity contribution is -0.141. The smallest absolute Gasteiger partial charge is 0.338 e. The molecule has 1 heterocycles. The van der Waals surface area contributed by atoms with Crippen molar-refractivity contribution in [1.82, 2.24) is 0 Å². The van der Waals surface area contributed by atoms with Crippen LogP contribution in [0.1, 0.15) is 62.1 Å². The third kappa shape index (κ3) is 6.77. The molecule has 220 valence electrons. The van der Waals surface area contributed by atoms with Gasteiger partial charge in [0.25, 0.3) is 0 Å². The maximum atomic E-state index is 13.2. The van der Waals surface area contributed by atoms with Crippen molar-refractivity contribution in [2.24, 2.45) is 11.8 Å². The maximum Gasteiger partial charge on any atom is 0.338 e. The molecule has 0 aromatic heterocycles. The van der Waals surface area contributed by atoms with Gasteiger partial charge in [0.2, 0.25) is 0 Å². The van der Waals surface area contributed by atoms with Crippen molar-refractivity contribution in [3.63, 3.8) is 0 Å². The molecule has 2 fully saturated rings. The molecule has 0 spiro atoms. The van der Waals surface area contributed by atoms with Gasteiger partial charge in [-0.1, -0.05) is 106 Å². The van der Waals surface area contributed by atoms with Crippen LogP contribution < -0.4 is 0 Å². The Morgan fingerprint density at radius 1 is 0.952 bits per heavy atom. The normalized spacial score (nSPS) is 23.0. The average molecular weight is 583 g/mol. The SMILES string of the molecule is CC(C)(C)[Si](C)(C)OC(C=CC[C@@H]1[C@H]2CC(=O)O[C@H]2C[C@H]1OC(=O)c1ccc(-c2ccccc2)cc1)c1ccccc1. The minimum atomic E-state index is -2.05. The molecule has 5 atom stereocenters. The minimum Gasteiger partial charge on any atom is -0.462 e. The van der Waals surface area contributed by atoms with E-state index in [4.69, 9.17) is 13.9 Å². The zero-order valence-electron chi connectivity index (χ0n) is 25.3. The molecular formula is C36H42O5Si. The van der Waals surface area contributed by atoms with Crippen LogP contribution in [0.5, 0.6) is 0 Å². The lowest BCUT2D eigenvalue weighted by Gasteiger charge is -2.38. The van der Waals surface area contributed by atoms with E-state index in [9.17, 15) is 9.59 Å². The first-order valence-electron chi connectivity index (χ1n) is 15.0. The number of benzene rings is 3. The van der Waals surface area contributed by atoms with Gasteiger partial charge < -0.3 is 13.9 Å². The van der Waals surface area contributed by atoms with E-state index < -0.39 is 8.32 Å². The summed E-state index contributed by atoms with van der Waals surface area (Å²) in [7, 11) is -2.05. The number of esters is 2. The van der Waals surface area contributed by atoms with E-state index in [1.807, 2.05) is 72.8 Å². The topological polar surface area (TPSA) is 61.8 Å². The summed E-state index contributed by atoms with van der Waals surface area (Å²) in [5.74, 6) is -0.474. The fraction of sp³-hybridized carbons (Fsp3) is 0.389. The molecule has 1 aliphatic heterocycles. The standard InChI is InChI=1S/C36H42O5Si/c1-36(2,3)42(4,5)41-31(27-15-10-7-11-16-27)18-12-17-29-30-23-34(37)39-33(30)24-32(29)40-35(38)28-21-19-26(20-22-28)25-13-8-6-9-14-25/h6-16,18-22,29-33H,17,23-24H2,1-5H3/t29-,30-,31?,32-,33+/m1/s1. The second kappa shape index (κ2) is 12.4. The Kier molecular flexibility index (Phi) is 8.85. The summed E-state index contributed by atoms with van der Waals surface area (Å²) < 4.78 is 18.6. The van der Waals surface area contributed by atoms with E-state index in [1.165, 1.54) is 0 Å². The van der Waals surface area contributed by atoms with Gasteiger partial charge in [0, 0.05) is 18.3 Å². The molecule has 0 radical (unpaired) electrons. The van der Waals surface area contributed by atoms with Crippen molar-refractivity contribution >= 4 is 20.3 Å². The molecule has 1 unspecified atom stereocenters. The van der Waals surface area contributed by atoms with Crippen molar-refractivity contribution in [3.8, 4) is 11.1 Å².